The van der Waals surface area contributed by atoms with Crippen molar-refractivity contribution in [2.75, 3.05) is 19.8 Å². The Hall–Kier alpha value is -0.0800. The van der Waals surface area contributed by atoms with Gasteiger partial charge in [0.2, 0.25) is 0 Å². The van der Waals surface area contributed by atoms with Crippen molar-refractivity contribution >= 4 is 0 Å². The molecule has 3 aliphatic rings. The van der Waals surface area contributed by atoms with Crippen molar-refractivity contribution in [2.45, 2.75) is 44.6 Å². The van der Waals surface area contributed by atoms with Crippen LogP contribution in [0.4, 0.5) is 0 Å². The van der Waals surface area contributed by atoms with E-state index >= 15 is 0 Å². The van der Waals surface area contributed by atoms with Crippen molar-refractivity contribution in [2.24, 2.45) is 17.8 Å². The van der Waals surface area contributed by atoms with Gasteiger partial charge in [-0.2, -0.15) is 0 Å². The fourth-order valence-corrected chi connectivity index (χ4v) is 3.78. The van der Waals surface area contributed by atoms with E-state index < -0.39 is 0 Å². The SMILES string of the molecule is C(CC1CCOC1)NC1CC2CCC1C2. The topological polar surface area (TPSA) is 21.3 Å². The van der Waals surface area contributed by atoms with Gasteiger partial charge in [-0.25, -0.2) is 0 Å². The second kappa shape index (κ2) is 4.42. The van der Waals surface area contributed by atoms with Crippen molar-refractivity contribution in [1.82, 2.24) is 5.32 Å². The maximum atomic E-state index is 5.40. The first-order valence-electron chi connectivity index (χ1n) is 6.73. The van der Waals surface area contributed by atoms with Gasteiger partial charge >= 0.3 is 0 Å². The van der Waals surface area contributed by atoms with Crippen LogP contribution in [0, 0.1) is 17.8 Å². The van der Waals surface area contributed by atoms with E-state index in [2.05, 4.69) is 5.32 Å². The normalized spacial score (nSPS) is 44.0. The van der Waals surface area contributed by atoms with Crippen LogP contribution in [-0.4, -0.2) is 25.8 Å². The average molecular weight is 209 g/mol. The zero-order valence-corrected chi connectivity index (χ0v) is 9.58. The number of hydrogen-bond acceptors (Lipinski definition) is 2. The minimum atomic E-state index is 0.844. The molecule has 1 aliphatic heterocycles. The Bertz CT molecular complexity index is 213. The molecule has 15 heavy (non-hydrogen) atoms. The third-order valence-corrected chi connectivity index (χ3v) is 4.72. The van der Waals surface area contributed by atoms with Gasteiger partial charge in [-0.1, -0.05) is 6.42 Å². The molecule has 2 nitrogen and oxygen atoms in total. The molecule has 1 N–H and O–H groups in total. The lowest BCUT2D eigenvalue weighted by Crippen LogP contribution is -2.35. The molecule has 0 amide bonds. The number of hydrogen-bond donors (Lipinski definition) is 1. The highest BCUT2D eigenvalue weighted by molar-refractivity contribution is 4.94. The van der Waals surface area contributed by atoms with Crippen molar-refractivity contribution in [3.63, 3.8) is 0 Å². The lowest BCUT2D eigenvalue weighted by molar-refractivity contribution is 0.183. The van der Waals surface area contributed by atoms with Crippen LogP contribution in [0.2, 0.25) is 0 Å². The summed E-state index contributed by atoms with van der Waals surface area (Å²) in [4.78, 5) is 0. The molecule has 1 saturated heterocycles. The van der Waals surface area contributed by atoms with Gasteiger partial charge in [-0.3, -0.25) is 0 Å². The van der Waals surface area contributed by atoms with E-state index in [0.29, 0.717) is 0 Å². The fraction of sp³-hybridized carbons (Fsp3) is 1.00. The van der Waals surface area contributed by atoms with Gasteiger partial charge in [-0.15, -0.1) is 0 Å². The Morgan fingerprint density at radius 3 is 2.80 bits per heavy atom. The first kappa shape index (κ1) is 10.1. The Labute approximate surface area is 92.8 Å². The van der Waals surface area contributed by atoms with Crippen LogP contribution >= 0.6 is 0 Å². The second-order valence-corrected chi connectivity index (χ2v) is 5.75. The van der Waals surface area contributed by atoms with Crippen LogP contribution in [0.3, 0.4) is 0 Å². The van der Waals surface area contributed by atoms with E-state index in [-0.39, 0.29) is 0 Å². The standard InChI is InChI=1S/C13H23NO/c1-2-12-7-11(1)8-13(12)14-5-3-10-4-6-15-9-10/h10-14H,1-9H2. The summed E-state index contributed by atoms with van der Waals surface area (Å²) in [7, 11) is 0. The third-order valence-electron chi connectivity index (χ3n) is 4.72. The Kier molecular flexibility index (Phi) is 2.98. The predicted octanol–water partition coefficient (Wildman–Crippen LogP) is 2.19. The Morgan fingerprint density at radius 1 is 1.13 bits per heavy atom. The molecular weight excluding hydrogens is 186 g/mol. The Balaban J connectivity index is 1.36. The van der Waals surface area contributed by atoms with Crippen LogP contribution < -0.4 is 5.32 Å². The van der Waals surface area contributed by atoms with E-state index in [0.717, 1.165) is 37.0 Å². The molecular formula is C13H23NO. The van der Waals surface area contributed by atoms with Crippen molar-refractivity contribution in [3.05, 3.63) is 0 Å². The number of rotatable bonds is 4. The van der Waals surface area contributed by atoms with Crippen molar-refractivity contribution in [1.29, 1.82) is 0 Å². The maximum absolute atomic E-state index is 5.40. The van der Waals surface area contributed by atoms with Crippen LogP contribution in [0.25, 0.3) is 0 Å². The largest absolute Gasteiger partial charge is 0.381 e. The van der Waals surface area contributed by atoms with E-state index in [4.69, 9.17) is 4.74 Å². The van der Waals surface area contributed by atoms with Gasteiger partial charge in [0, 0.05) is 19.3 Å². The van der Waals surface area contributed by atoms with E-state index in [1.165, 1.54) is 45.1 Å². The van der Waals surface area contributed by atoms with E-state index in [9.17, 15) is 0 Å². The molecule has 0 aromatic carbocycles. The molecule has 2 heteroatoms. The molecule has 86 valence electrons. The van der Waals surface area contributed by atoms with Gasteiger partial charge < -0.3 is 10.1 Å². The second-order valence-electron chi connectivity index (χ2n) is 5.75. The van der Waals surface area contributed by atoms with Gasteiger partial charge in [0.05, 0.1) is 0 Å². The van der Waals surface area contributed by atoms with E-state index in [1.54, 1.807) is 0 Å². The first-order valence-corrected chi connectivity index (χ1v) is 6.73. The summed E-state index contributed by atoms with van der Waals surface area (Å²) in [6.45, 7) is 3.24. The van der Waals surface area contributed by atoms with Crippen LogP contribution in [0.5, 0.6) is 0 Å². The zero-order chi connectivity index (χ0) is 10.1. The van der Waals surface area contributed by atoms with Crippen molar-refractivity contribution in [3.8, 4) is 0 Å². The molecule has 0 aromatic heterocycles. The monoisotopic (exact) mass is 209 g/mol. The summed E-state index contributed by atoms with van der Waals surface area (Å²) in [6.07, 6.45) is 8.61. The number of ether oxygens (including phenoxy) is 1. The summed E-state index contributed by atoms with van der Waals surface area (Å²) in [5.74, 6) is 2.94. The molecule has 1 heterocycles. The molecule has 3 fully saturated rings. The zero-order valence-electron chi connectivity index (χ0n) is 9.58. The summed E-state index contributed by atoms with van der Waals surface area (Å²) in [5, 5.41) is 3.78. The van der Waals surface area contributed by atoms with Crippen LogP contribution in [0.15, 0.2) is 0 Å². The highest BCUT2D eigenvalue weighted by atomic mass is 16.5. The van der Waals surface area contributed by atoms with E-state index in [1.807, 2.05) is 0 Å². The summed E-state index contributed by atoms with van der Waals surface area (Å²) < 4.78 is 5.40. The maximum Gasteiger partial charge on any atom is 0.0495 e. The molecule has 2 saturated carbocycles. The molecule has 4 unspecified atom stereocenters. The first-order chi connectivity index (χ1) is 7.42. The number of fused-ring (bicyclic) bond motifs is 2. The molecule has 2 aliphatic carbocycles. The van der Waals surface area contributed by atoms with Gasteiger partial charge in [0.15, 0.2) is 0 Å². The summed E-state index contributed by atoms with van der Waals surface area (Å²) in [6, 6.07) is 0.867. The molecule has 0 aromatic rings. The highest BCUT2D eigenvalue weighted by Crippen LogP contribution is 2.44. The van der Waals surface area contributed by atoms with Crippen molar-refractivity contribution < 1.29 is 4.74 Å². The van der Waals surface area contributed by atoms with Gasteiger partial charge in [0.25, 0.3) is 0 Å². The quantitative estimate of drug-likeness (QED) is 0.766. The lowest BCUT2D eigenvalue weighted by atomic mass is 9.95. The lowest BCUT2D eigenvalue weighted by Gasteiger charge is -2.23. The predicted molar refractivity (Wildman–Crippen MR) is 60.8 cm³/mol. The van der Waals surface area contributed by atoms with Gasteiger partial charge in [0.1, 0.15) is 0 Å². The fourth-order valence-electron chi connectivity index (χ4n) is 3.78. The minimum absolute atomic E-state index is 0.844. The van der Waals surface area contributed by atoms with Crippen LogP contribution in [-0.2, 0) is 4.74 Å². The highest BCUT2D eigenvalue weighted by Gasteiger charge is 2.38. The third kappa shape index (κ3) is 2.21. The van der Waals surface area contributed by atoms with Gasteiger partial charge in [-0.05, 0) is 56.4 Å². The molecule has 0 radical (unpaired) electrons. The number of nitrogens with one attached hydrogen (secondary N) is 1. The molecule has 4 atom stereocenters. The summed E-state index contributed by atoms with van der Waals surface area (Å²) in [5.41, 5.74) is 0. The molecule has 3 rings (SSSR count). The van der Waals surface area contributed by atoms with Crippen LogP contribution in [0.1, 0.15) is 38.5 Å². The molecule has 2 bridgehead atoms. The smallest absolute Gasteiger partial charge is 0.0495 e. The Morgan fingerprint density at radius 2 is 2.13 bits per heavy atom. The summed E-state index contributed by atoms with van der Waals surface area (Å²) >= 11 is 0. The minimum Gasteiger partial charge on any atom is -0.381 e. The molecule has 0 spiro atoms. The average Bonchev–Trinajstić information content (AvgIpc) is 2.93.